The summed E-state index contributed by atoms with van der Waals surface area (Å²) in [5.74, 6) is 2.42. The lowest BCUT2D eigenvalue weighted by Crippen LogP contribution is -2.37. The Morgan fingerprint density at radius 1 is 1.23 bits per heavy atom. The van der Waals surface area contributed by atoms with E-state index in [2.05, 4.69) is 26.0 Å². The first-order chi connectivity index (χ1) is 12.2. The smallest absolute Gasteiger partial charge is 0.231 e. The maximum atomic E-state index is 5.40. The van der Waals surface area contributed by atoms with Crippen LogP contribution in [-0.4, -0.2) is 31.3 Å². The molecule has 142 valence electrons. The molecule has 0 fully saturated rings. The molecule has 1 aliphatic rings. The first-order valence-electron chi connectivity index (χ1n) is 8.48. The van der Waals surface area contributed by atoms with Crippen molar-refractivity contribution in [1.82, 2.24) is 15.6 Å². The largest absolute Gasteiger partial charge is 0.454 e. The minimum absolute atomic E-state index is 0. The number of benzene rings is 1. The van der Waals surface area contributed by atoms with E-state index in [0.29, 0.717) is 13.3 Å². The number of aliphatic imine (C=N–C) groups is 1. The number of ether oxygens (including phenoxy) is 2. The van der Waals surface area contributed by atoms with Crippen LogP contribution in [0.25, 0.3) is 0 Å². The predicted octanol–water partition coefficient (Wildman–Crippen LogP) is 3.49. The summed E-state index contributed by atoms with van der Waals surface area (Å²) in [6.45, 7) is 3.92. The Kier molecular flexibility index (Phi) is 8.43. The third-order valence-electron chi connectivity index (χ3n) is 3.90. The number of aromatic nitrogens is 1. The molecule has 0 aliphatic carbocycles. The molecule has 0 amide bonds. The molecule has 0 saturated heterocycles. The lowest BCUT2D eigenvalue weighted by atomic mass is 10.2. The second-order valence-electron chi connectivity index (χ2n) is 5.88. The van der Waals surface area contributed by atoms with Gasteiger partial charge in [-0.15, -0.1) is 35.3 Å². The van der Waals surface area contributed by atoms with Gasteiger partial charge in [-0.25, -0.2) is 4.98 Å². The summed E-state index contributed by atoms with van der Waals surface area (Å²) < 4.78 is 10.7. The van der Waals surface area contributed by atoms with Gasteiger partial charge < -0.3 is 20.1 Å². The summed E-state index contributed by atoms with van der Waals surface area (Å²) in [6.07, 6.45) is 3.26. The molecule has 0 saturated carbocycles. The Labute approximate surface area is 175 Å². The van der Waals surface area contributed by atoms with Gasteiger partial charge >= 0.3 is 0 Å². The van der Waals surface area contributed by atoms with E-state index < -0.39 is 0 Å². The van der Waals surface area contributed by atoms with Gasteiger partial charge in [0.15, 0.2) is 17.5 Å². The van der Waals surface area contributed by atoms with Crippen LogP contribution in [0.5, 0.6) is 11.5 Å². The molecule has 2 N–H and O–H groups in total. The Hall–Kier alpha value is -1.55. The van der Waals surface area contributed by atoms with Gasteiger partial charge in [0.2, 0.25) is 6.79 Å². The van der Waals surface area contributed by atoms with Crippen LogP contribution in [0.4, 0.5) is 0 Å². The van der Waals surface area contributed by atoms with Crippen LogP contribution < -0.4 is 20.1 Å². The van der Waals surface area contributed by atoms with Crippen molar-refractivity contribution in [3.63, 3.8) is 0 Å². The number of halogens is 1. The van der Waals surface area contributed by atoms with Crippen molar-refractivity contribution in [3.05, 3.63) is 39.8 Å². The van der Waals surface area contributed by atoms with Gasteiger partial charge in [-0.2, -0.15) is 0 Å². The van der Waals surface area contributed by atoms with Crippen molar-refractivity contribution in [1.29, 1.82) is 0 Å². The minimum Gasteiger partial charge on any atom is -0.454 e. The number of fused-ring (bicyclic) bond motifs is 1. The van der Waals surface area contributed by atoms with Gasteiger partial charge in [-0.1, -0.05) is 6.07 Å². The summed E-state index contributed by atoms with van der Waals surface area (Å²) >= 11 is 1.75. The van der Waals surface area contributed by atoms with Gasteiger partial charge in [0.25, 0.3) is 0 Å². The molecule has 2 aromatic rings. The van der Waals surface area contributed by atoms with E-state index in [-0.39, 0.29) is 24.0 Å². The van der Waals surface area contributed by atoms with Crippen molar-refractivity contribution in [2.24, 2.45) is 4.99 Å². The number of guanidine groups is 1. The molecular formula is C18H25IN4O2S. The van der Waals surface area contributed by atoms with E-state index in [0.717, 1.165) is 54.5 Å². The SMILES string of the molecule is CN=C(NCCCCc1nc(C)cs1)NCc1ccc2c(c1)OCO2.I. The average molecular weight is 488 g/mol. The van der Waals surface area contributed by atoms with E-state index in [4.69, 9.17) is 9.47 Å². The van der Waals surface area contributed by atoms with Gasteiger partial charge in [0, 0.05) is 31.2 Å². The quantitative estimate of drug-likeness (QED) is 0.271. The van der Waals surface area contributed by atoms with E-state index in [1.165, 1.54) is 5.01 Å². The molecule has 2 heterocycles. The number of thiazole rings is 1. The Bertz CT molecular complexity index is 736. The van der Waals surface area contributed by atoms with Crippen molar-refractivity contribution in [2.75, 3.05) is 20.4 Å². The monoisotopic (exact) mass is 488 g/mol. The maximum absolute atomic E-state index is 5.40. The third kappa shape index (κ3) is 6.01. The Morgan fingerprint density at radius 3 is 2.85 bits per heavy atom. The first-order valence-corrected chi connectivity index (χ1v) is 9.36. The van der Waals surface area contributed by atoms with E-state index >= 15 is 0 Å². The molecule has 6 nitrogen and oxygen atoms in total. The summed E-state index contributed by atoms with van der Waals surface area (Å²) in [4.78, 5) is 8.75. The van der Waals surface area contributed by atoms with E-state index in [9.17, 15) is 0 Å². The number of rotatable bonds is 7. The number of unbranched alkanes of at least 4 members (excludes halogenated alkanes) is 1. The van der Waals surface area contributed by atoms with Crippen LogP contribution in [0.1, 0.15) is 29.1 Å². The normalized spacial score (nSPS) is 12.6. The van der Waals surface area contributed by atoms with Crippen LogP contribution in [0, 0.1) is 6.92 Å². The summed E-state index contributed by atoms with van der Waals surface area (Å²) in [5.41, 5.74) is 2.25. The standard InChI is InChI=1S/C18H24N4O2S.HI/c1-13-11-25-17(22-13)5-3-4-8-20-18(19-2)21-10-14-6-7-15-16(9-14)24-12-23-15;/h6-7,9,11H,3-5,8,10,12H2,1-2H3,(H2,19,20,21);1H. The summed E-state index contributed by atoms with van der Waals surface area (Å²) in [7, 11) is 1.79. The molecule has 1 aromatic carbocycles. The van der Waals surface area contributed by atoms with Gasteiger partial charge in [-0.05, 0) is 43.9 Å². The minimum atomic E-state index is 0. The number of nitrogens with one attached hydrogen (secondary N) is 2. The average Bonchev–Trinajstić information content (AvgIpc) is 3.25. The highest BCUT2D eigenvalue weighted by Gasteiger charge is 2.13. The number of hydrogen-bond acceptors (Lipinski definition) is 5. The lowest BCUT2D eigenvalue weighted by molar-refractivity contribution is 0.174. The molecular weight excluding hydrogens is 463 g/mol. The molecule has 0 bridgehead atoms. The highest BCUT2D eigenvalue weighted by Crippen LogP contribution is 2.32. The molecule has 1 aliphatic heterocycles. The fraction of sp³-hybridized carbons (Fsp3) is 0.444. The fourth-order valence-corrected chi connectivity index (χ4v) is 3.40. The van der Waals surface area contributed by atoms with Crippen LogP contribution in [0.3, 0.4) is 0 Å². The van der Waals surface area contributed by atoms with Crippen molar-refractivity contribution in [3.8, 4) is 11.5 Å². The molecule has 26 heavy (non-hydrogen) atoms. The van der Waals surface area contributed by atoms with Crippen molar-refractivity contribution >= 4 is 41.3 Å². The summed E-state index contributed by atoms with van der Waals surface area (Å²) in [5, 5.41) is 10.0. The van der Waals surface area contributed by atoms with E-state index in [1.807, 2.05) is 25.1 Å². The zero-order valence-corrected chi connectivity index (χ0v) is 18.2. The van der Waals surface area contributed by atoms with Gasteiger partial charge in [-0.3, -0.25) is 4.99 Å². The number of hydrogen-bond donors (Lipinski definition) is 2. The summed E-state index contributed by atoms with van der Waals surface area (Å²) in [6, 6.07) is 5.97. The van der Waals surface area contributed by atoms with E-state index in [1.54, 1.807) is 18.4 Å². The van der Waals surface area contributed by atoms with Crippen molar-refractivity contribution < 1.29 is 9.47 Å². The second-order valence-corrected chi connectivity index (χ2v) is 6.82. The van der Waals surface area contributed by atoms with Gasteiger partial charge in [0.05, 0.1) is 5.01 Å². The van der Waals surface area contributed by atoms with Crippen LogP contribution in [0.2, 0.25) is 0 Å². The highest BCUT2D eigenvalue weighted by molar-refractivity contribution is 14.0. The Morgan fingerprint density at radius 2 is 2.08 bits per heavy atom. The maximum Gasteiger partial charge on any atom is 0.231 e. The van der Waals surface area contributed by atoms with Crippen LogP contribution in [-0.2, 0) is 13.0 Å². The number of nitrogens with zero attached hydrogens (tertiary/aromatic N) is 2. The molecule has 0 atom stereocenters. The molecule has 0 unspecified atom stereocenters. The number of aryl methyl sites for hydroxylation is 2. The second kappa shape index (κ2) is 10.6. The highest BCUT2D eigenvalue weighted by atomic mass is 127. The van der Waals surface area contributed by atoms with Crippen LogP contribution in [0.15, 0.2) is 28.6 Å². The molecule has 3 rings (SSSR count). The Balaban J connectivity index is 0.00000243. The van der Waals surface area contributed by atoms with Crippen LogP contribution >= 0.6 is 35.3 Å². The molecule has 8 heteroatoms. The third-order valence-corrected chi connectivity index (χ3v) is 4.92. The van der Waals surface area contributed by atoms with Crippen molar-refractivity contribution in [2.45, 2.75) is 32.7 Å². The first kappa shape index (κ1) is 20.8. The predicted molar refractivity (Wildman–Crippen MR) is 116 cm³/mol. The zero-order valence-electron chi connectivity index (χ0n) is 15.1. The zero-order chi connectivity index (χ0) is 17.5. The van der Waals surface area contributed by atoms with Gasteiger partial charge in [0.1, 0.15) is 0 Å². The fourth-order valence-electron chi connectivity index (χ4n) is 2.58. The molecule has 0 spiro atoms. The molecule has 1 aromatic heterocycles. The topological polar surface area (TPSA) is 67.8 Å². The lowest BCUT2D eigenvalue weighted by Gasteiger charge is -2.12. The molecule has 0 radical (unpaired) electrons.